The van der Waals surface area contributed by atoms with Crippen LogP contribution < -0.4 is 4.90 Å². The van der Waals surface area contributed by atoms with Gasteiger partial charge in [-0.15, -0.1) is 11.3 Å². The van der Waals surface area contributed by atoms with Crippen molar-refractivity contribution < 1.29 is 0 Å². The van der Waals surface area contributed by atoms with Crippen molar-refractivity contribution in [3.63, 3.8) is 0 Å². The summed E-state index contributed by atoms with van der Waals surface area (Å²) in [5, 5.41) is 5.29. The summed E-state index contributed by atoms with van der Waals surface area (Å²) in [6.07, 6.45) is 2.13. The van der Waals surface area contributed by atoms with Gasteiger partial charge in [0.2, 0.25) is 0 Å². The third-order valence-electron chi connectivity index (χ3n) is 11.8. The van der Waals surface area contributed by atoms with E-state index in [1.54, 1.807) is 0 Å². The lowest BCUT2D eigenvalue weighted by molar-refractivity contribution is 0.490. The first-order chi connectivity index (χ1) is 26.2. The Morgan fingerprint density at radius 3 is 1.89 bits per heavy atom. The molecule has 254 valence electrons. The highest BCUT2D eigenvalue weighted by atomic mass is 32.1. The summed E-state index contributed by atoms with van der Waals surface area (Å²) >= 11 is 1.90. The highest BCUT2D eigenvalue weighted by molar-refractivity contribution is 7.26. The van der Waals surface area contributed by atoms with Gasteiger partial charge in [-0.1, -0.05) is 147 Å². The highest BCUT2D eigenvalue weighted by Gasteiger charge is 2.40. The standard InChI is InChI=1S/C51H39NS/c1-3-51(4-2)47-22-10-8-18-42(47)43-29-28-39(33-48(43)51)52(38-17-12-16-36(32-38)34-14-6-5-7-15-34)37-26-24-35(25-27-37)40-20-13-21-45-41(40)30-31-46-44-19-9-11-23-49(44)53-50(45)46/h5-33H,3-4H2,1-2H3. The molecule has 0 spiro atoms. The van der Waals surface area contributed by atoms with Crippen LogP contribution in [0.5, 0.6) is 0 Å². The molecule has 0 fully saturated rings. The van der Waals surface area contributed by atoms with E-state index in [0.29, 0.717) is 0 Å². The van der Waals surface area contributed by atoms with Crippen LogP contribution in [0.1, 0.15) is 37.8 Å². The number of rotatable bonds is 7. The molecule has 1 nitrogen and oxygen atoms in total. The summed E-state index contributed by atoms with van der Waals surface area (Å²) in [7, 11) is 0. The van der Waals surface area contributed by atoms with Gasteiger partial charge in [0.05, 0.1) is 0 Å². The van der Waals surface area contributed by atoms with Crippen molar-refractivity contribution in [2.45, 2.75) is 32.1 Å². The monoisotopic (exact) mass is 697 g/mol. The zero-order valence-corrected chi connectivity index (χ0v) is 30.8. The van der Waals surface area contributed by atoms with Crippen molar-refractivity contribution in [1.29, 1.82) is 0 Å². The molecule has 0 amide bonds. The Kier molecular flexibility index (Phi) is 7.56. The maximum Gasteiger partial charge on any atom is 0.0467 e. The Morgan fingerprint density at radius 2 is 1.04 bits per heavy atom. The normalized spacial score (nSPS) is 13.0. The zero-order valence-electron chi connectivity index (χ0n) is 30.0. The minimum Gasteiger partial charge on any atom is -0.310 e. The van der Waals surface area contributed by atoms with E-state index in [0.717, 1.165) is 24.2 Å². The molecule has 0 aliphatic heterocycles. The fourth-order valence-corrected chi connectivity index (χ4v) is 10.3. The molecule has 1 heterocycles. The van der Waals surface area contributed by atoms with Gasteiger partial charge in [-0.05, 0) is 105 Å². The lowest BCUT2D eigenvalue weighted by atomic mass is 9.74. The van der Waals surface area contributed by atoms with Gasteiger partial charge in [0.1, 0.15) is 0 Å². The van der Waals surface area contributed by atoms with Crippen molar-refractivity contribution in [1.82, 2.24) is 0 Å². The molecule has 0 saturated heterocycles. The number of fused-ring (bicyclic) bond motifs is 8. The third kappa shape index (κ3) is 4.97. The number of benzene rings is 8. The molecule has 9 aromatic rings. The number of nitrogens with zero attached hydrogens (tertiary/aromatic N) is 1. The number of hydrogen-bond acceptors (Lipinski definition) is 2. The second kappa shape index (κ2) is 12.6. The third-order valence-corrected chi connectivity index (χ3v) is 13.0. The molecule has 1 aliphatic carbocycles. The Bertz CT molecular complexity index is 2800. The van der Waals surface area contributed by atoms with E-state index in [9.17, 15) is 0 Å². The van der Waals surface area contributed by atoms with E-state index in [2.05, 4.69) is 195 Å². The average Bonchev–Trinajstić information content (AvgIpc) is 3.75. The van der Waals surface area contributed by atoms with Crippen LogP contribution in [-0.4, -0.2) is 0 Å². The summed E-state index contributed by atoms with van der Waals surface area (Å²) in [4.78, 5) is 2.44. The second-order valence-electron chi connectivity index (χ2n) is 14.3. The molecule has 0 N–H and O–H groups in total. The quantitative estimate of drug-likeness (QED) is 0.160. The first-order valence-corrected chi connectivity index (χ1v) is 19.6. The topological polar surface area (TPSA) is 3.24 Å². The van der Waals surface area contributed by atoms with Gasteiger partial charge in [0.15, 0.2) is 0 Å². The SMILES string of the molecule is CCC1(CC)c2ccccc2-c2ccc(N(c3ccc(-c4cccc5c4ccc4c6ccccc6sc54)cc3)c3cccc(-c4ccccc4)c3)cc21. The van der Waals surface area contributed by atoms with Gasteiger partial charge in [-0.25, -0.2) is 0 Å². The molecular formula is C51H39NS. The number of thiophene rings is 1. The van der Waals surface area contributed by atoms with Crippen LogP contribution in [0.15, 0.2) is 176 Å². The Labute approximate surface area is 315 Å². The van der Waals surface area contributed by atoms with Gasteiger partial charge in [-0.2, -0.15) is 0 Å². The van der Waals surface area contributed by atoms with E-state index < -0.39 is 0 Å². The van der Waals surface area contributed by atoms with Gasteiger partial charge >= 0.3 is 0 Å². The summed E-state index contributed by atoms with van der Waals surface area (Å²) < 4.78 is 2.70. The zero-order chi connectivity index (χ0) is 35.5. The highest BCUT2D eigenvalue weighted by Crippen LogP contribution is 2.54. The van der Waals surface area contributed by atoms with Crippen molar-refractivity contribution in [2.75, 3.05) is 4.90 Å². The first-order valence-electron chi connectivity index (χ1n) is 18.8. The number of anilines is 3. The molecule has 0 radical (unpaired) electrons. The van der Waals surface area contributed by atoms with Crippen LogP contribution in [0.2, 0.25) is 0 Å². The minimum atomic E-state index is -0.00243. The Hall–Kier alpha value is -5.96. The first kappa shape index (κ1) is 31.7. The largest absolute Gasteiger partial charge is 0.310 e. The molecule has 8 aromatic carbocycles. The Morgan fingerprint density at radius 1 is 0.415 bits per heavy atom. The summed E-state index contributed by atoms with van der Waals surface area (Å²) in [6.45, 7) is 4.70. The van der Waals surface area contributed by atoms with E-state index in [4.69, 9.17) is 0 Å². The molecular weight excluding hydrogens is 659 g/mol. The van der Waals surface area contributed by atoms with E-state index in [1.165, 1.54) is 81.1 Å². The smallest absolute Gasteiger partial charge is 0.0467 e. The molecule has 1 aromatic heterocycles. The van der Waals surface area contributed by atoms with Crippen LogP contribution >= 0.6 is 11.3 Å². The van der Waals surface area contributed by atoms with Crippen molar-refractivity contribution in [2.24, 2.45) is 0 Å². The van der Waals surface area contributed by atoms with Crippen molar-refractivity contribution in [3.8, 4) is 33.4 Å². The second-order valence-corrected chi connectivity index (χ2v) is 15.4. The predicted octanol–water partition coefficient (Wildman–Crippen LogP) is 15.1. The van der Waals surface area contributed by atoms with Crippen molar-refractivity contribution in [3.05, 3.63) is 187 Å². The van der Waals surface area contributed by atoms with E-state index in [1.807, 2.05) is 11.3 Å². The predicted molar refractivity (Wildman–Crippen MR) is 229 cm³/mol. The van der Waals surface area contributed by atoms with Crippen LogP contribution in [0.4, 0.5) is 17.1 Å². The van der Waals surface area contributed by atoms with Gasteiger partial charge < -0.3 is 4.90 Å². The summed E-state index contributed by atoms with van der Waals surface area (Å²) in [5.74, 6) is 0. The maximum absolute atomic E-state index is 2.48. The molecule has 0 unspecified atom stereocenters. The van der Waals surface area contributed by atoms with Gasteiger partial charge in [-0.3, -0.25) is 0 Å². The van der Waals surface area contributed by atoms with Crippen molar-refractivity contribution >= 4 is 59.3 Å². The van der Waals surface area contributed by atoms with Gasteiger partial charge in [0.25, 0.3) is 0 Å². The lowest BCUT2D eigenvalue weighted by Crippen LogP contribution is -2.23. The molecule has 2 heteroatoms. The Balaban J connectivity index is 1.12. The average molecular weight is 698 g/mol. The summed E-state index contributed by atoms with van der Waals surface area (Å²) in [6, 6.07) is 65.3. The van der Waals surface area contributed by atoms with Crippen LogP contribution in [-0.2, 0) is 5.41 Å². The van der Waals surface area contributed by atoms with Gasteiger partial charge in [0, 0.05) is 48.0 Å². The van der Waals surface area contributed by atoms with E-state index in [-0.39, 0.29) is 5.41 Å². The molecule has 0 saturated carbocycles. The maximum atomic E-state index is 2.48. The molecule has 1 aliphatic rings. The summed E-state index contributed by atoms with van der Waals surface area (Å²) in [5.41, 5.74) is 14.0. The fourth-order valence-electron chi connectivity index (χ4n) is 9.08. The molecule has 10 rings (SSSR count). The van der Waals surface area contributed by atoms with Crippen LogP contribution in [0.3, 0.4) is 0 Å². The fraction of sp³-hybridized carbons (Fsp3) is 0.0980. The molecule has 0 atom stereocenters. The number of hydrogen-bond donors (Lipinski definition) is 0. The van der Waals surface area contributed by atoms with Crippen LogP contribution in [0, 0.1) is 0 Å². The molecule has 0 bridgehead atoms. The van der Waals surface area contributed by atoms with E-state index >= 15 is 0 Å². The van der Waals surface area contributed by atoms with Crippen LogP contribution in [0.25, 0.3) is 64.3 Å². The lowest BCUT2D eigenvalue weighted by Gasteiger charge is -2.32. The molecule has 53 heavy (non-hydrogen) atoms. The minimum absolute atomic E-state index is 0.00243.